The van der Waals surface area contributed by atoms with Crippen LogP contribution in [-0.4, -0.2) is 16.4 Å². The van der Waals surface area contributed by atoms with Crippen LogP contribution in [0.15, 0.2) is 39.1 Å². The van der Waals surface area contributed by atoms with Gasteiger partial charge in [0.1, 0.15) is 0 Å². The summed E-state index contributed by atoms with van der Waals surface area (Å²) in [4.78, 5) is 27.6. The van der Waals surface area contributed by atoms with Crippen molar-refractivity contribution >= 4 is 44.8 Å². The van der Waals surface area contributed by atoms with E-state index in [0.29, 0.717) is 10.5 Å². The molecule has 0 saturated carbocycles. The van der Waals surface area contributed by atoms with Gasteiger partial charge < -0.3 is 4.74 Å². The number of rotatable bonds is 2. The highest BCUT2D eigenvalue weighted by atomic mass is 79.9. The van der Waals surface area contributed by atoms with Crippen LogP contribution >= 0.6 is 27.3 Å². The average Bonchev–Trinajstić information content (AvgIpc) is 2.74. The lowest BCUT2D eigenvalue weighted by atomic mass is 10.3. The van der Waals surface area contributed by atoms with Crippen molar-refractivity contribution in [3.63, 3.8) is 0 Å². The van der Waals surface area contributed by atoms with Crippen LogP contribution in [0.25, 0.3) is 0 Å². The Kier molecular flexibility index (Phi) is 4.51. The Morgan fingerprint density at radius 3 is 2.60 bits per heavy atom. The fourth-order valence-electron chi connectivity index (χ4n) is 1.53. The van der Waals surface area contributed by atoms with Crippen molar-refractivity contribution in [2.24, 2.45) is 4.99 Å². The van der Waals surface area contributed by atoms with Gasteiger partial charge in [0.05, 0.1) is 11.1 Å². The minimum absolute atomic E-state index is 0.181. The molecule has 0 spiro atoms. The summed E-state index contributed by atoms with van der Waals surface area (Å²) in [6.07, 6.45) is 0. The van der Waals surface area contributed by atoms with Gasteiger partial charge in [0.2, 0.25) is 11.8 Å². The Morgan fingerprint density at radius 2 is 2.00 bits per heavy atom. The van der Waals surface area contributed by atoms with E-state index in [1.807, 2.05) is 24.3 Å². The predicted octanol–water partition coefficient (Wildman–Crippen LogP) is 3.13. The zero-order chi connectivity index (χ0) is 14.7. The number of carbonyl (C=O) groups is 2. The number of thiazole rings is 1. The van der Waals surface area contributed by atoms with Crippen LogP contribution in [0.4, 0.5) is 5.69 Å². The molecule has 1 aromatic carbocycles. The second-order valence-electron chi connectivity index (χ2n) is 3.87. The van der Waals surface area contributed by atoms with E-state index in [1.54, 1.807) is 5.38 Å². The number of aromatic nitrogens is 1. The highest BCUT2D eigenvalue weighted by molar-refractivity contribution is 9.10. The zero-order valence-electron chi connectivity index (χ0n) is 10.8. The van der Waals surface area contributed by atoms with Gasteiger partial charge in [0, 0.05) is 18.3 Å². The normalized spacial score (nSPS) is 11.4. The highest BCUT2D eigenvalue weighted by Crippen LogP contribution is 2.24. The van der Waals surface area contributed by atoms with Crippen LogP contribution in [0, 0.1) is 0 Å². The van der Waals surface area contributed by atoms with E-state index in [4.69, 9.17) is 4.74 Å². The van der Waals surface area contributed by atoms with E-state index >= 15 is 0 Å². The minimum Gasteiger partial charge on any atom is -0.408 e. The van der Waals surface area contributed by atoms with Gasteiger partial charge in [-0.05, 0) is 28.1 Å². The molecule has 0 aliphatic heterocycles. The lowest BCUT2D eigenvalue weighted by molar-refractivity contribution is -0.132. The largest absolute Gasteiger partial charge is 0.408 e. The first-order chi connectivity index (χ1) is 9.49. The van der Waals surface area contributed by atoms with Gasteiger partial charge in [-0.2, -0.15) is 0 Å². The van der Waals surface area contributed by atoms with E-state index in [-0.39, 0.29) is 11.8 Å². The molecule has 1 heterocycles. The fraction of sp³-hybridized carbons (Fsp3) is 0.154. The molecule has 7 heteroatoms. The van der Waals surface area contributed by atoms with Crippen LogP contribution in [0.1, 0.15) is 18.6 Å². The molecule has 5 nitrogen and oxygen atoms in total. The molecule has 2 aromatic rings. The number of hydrogen-bond donors (Lipinski definition) is 0. The van der Waals surface area contributed by atoms with Crippen LogP contribution in [-0.2, 0) is 4.79 Å². The number of para-hydroxylation sites is 1. The first-order valence-corrected chi connectivity index (χ1v) is 7.35. The quantitative estimate of drug-likeness (QED) is 0.778. The van der Waals surface area contributed by atoms with Gasteiger partial charge in [0.25, 0.3) is 0 Å². The van der Waals surface area contributed by atoms with Crippen LogP contribution < -0.4 is 9.54 Å². The first-order valence-electron chi connectivity index (χ1n) is 5.68. The lowest BCUT2D eigenvalue weighted by Gasteiger charge is -2.03. The number of esters is 1. The van der Waals surface area contributed by atoms with Gasteiger partial charge in [-0.15, -0.1) is 11.3 Å². The molecule has 0 aliphatic rings. The summed E-state index contributed by atoms with van der Waals surface area (Å²) in [5.41, 5.74) is 0.693. The number of benzene rings is 1. The molecule has 1 aromatic heterocycles. The van der Waals surface area contributed by atoms with Crippen molar-refractivity contribution in [2.75, 3.05) is 0 Å². The molecule has 0 N–H and O–H groups in total. The summed E-state index contributed by atoms with van der Waals surface area (Å²) in [5, 5.41) is 1.58. The molecule has 0 aliphatic carbocycles. The Labute approximate surface area is 127 Å². The molecule has 2 rings (SSSR count). The standard InChI is InChI=1S/C13H11BrN2O3S/c1-8(17)16-12(19-9(2)18)7-20-13(16)15-11-6-4-3-5-10(11)14/h3-7H,1-2H3. The highest BCUT2D eigenvalue weighted by Gasteiger charge is 2.12. The maximum absolute atomic E-state index is 11.7. The number of ether oxygens (including phenoxy) is 1. The van der Waals surface area contributed by atoms with Crippen molar-refractivity contribution in [3.05, 3.63) is 38.9 Å². The molecule has 0 fully saturated rings. The maximum Gasteiger partial charge on any atom is 0.309 e. The van der Waals surface area contributed by atoms with Crippen LogP contribution in [0.2, 0.25) is 0 Å². The smallest absolute Gasteiger partial charge is 0.309 e. The van der Waals surface area contributed by atoms with E-state index in [9.17, 15) is 9.59 Å². The molecule has 0 bridgehead atoms. The van der Waals surface area contributed by atoms with Gasteiger partial charge >= 0.3 is 5.97 Å². The molecule has 104 valence electrons. The fourth-order valence-corrected chi connectivity index (χ4v) is 2.74. The molecular weight excluding hydrogens is 344 g/mol. The van der Waals surface area contributed by atoms with E-state index in [2.05, 4.69) is 20.9 Å². The summed E-state index contributed by atoms with van der Waals surface area (Å²) in [5.74, 6) is -0.570. The van der Waals surface area contributed by atoms with E-state index < -0.39 is 5.97 Å². The number of hydrogen-bond acceptors (Lipinski definition) is 5. The van der Waals surface area contributed by atoms with Crippen LogP contribution in [0.3, 0.4) is 0 Å². The topological polar surface area (TPSA) is 60.7 Å². The van der Waals surface area contributed by atoms with Crippen molar-refractivity contribution < 1.29 is 14.3 Å². The third kappa shape index (κ3) is 3.23. The van der Waals surface area contributed by atoms with Crippen molar-refractivity contribution in [3.8, 4) is 5.88 Å². The molecule has 20 heavy (non-hydrogen) atoms. The summed E-state index contributed by atoms with van der Waals surface area (Å²) in [6, 6.07) is 7.40. The van der Waals surface area contributed by atoms with Gasteiger partial charge in [-0.1, -0.05) is 12.1 Å². The Morgan fingerprint density at radius 1 is 1.30 bits per heavy atom. The van der Waals surface area contributed by atoms with Gasteiger partial charge in [-0.25, -0.2) is 9.56 Å². The molecule has 0 amide bonds. The molecule has 0 unspecified atom stereocenters. The first kappa shape index (κ1) is 14.7. The minimum atomic E-state index is -0.481. The number of nitrogens with zero attached hydrogens (tertiary/aromatic N) is 2. The number of halogens is 1. The molecular formula is C13H11BrN2O3S. The third-order valence-corrected chi connectivity index (χ3v) is 3.78. The average molecular weight is 355 g/mol. The zero-order valence-corrected chi connectivity index (χ0v) is 13.2. The second-order valence-corrected chi connectivity index (χ2v) is 5.56. The van der Waals surface area contributed by atoms with E-state index in [1.165, 1.54) is 29.8 Å². The molecule has 0 saturated heterocycles. The molecule has 0 atom stereocenters. The van der Waals surface area contributed by atoms with Crippen molar-refractivity contribution in [1.82, 2.24) is 4.57 Å². The van der Waals surface area contributed by atoms with Crippen LogP contribution in [0.5, 0.6) is 5.88 Å². The van der Waals surface area contributed by atoms with Crippen molar-refractivity contribution in [2.45, 2.75) is 13.8 Å². The predicted molar refractivity (Wildman–Crippen MR) is 79.3 cm³/mol. The summed E-state index contributed by atoms with van der Waals surface area (Å²) < 4.78 is 7.08. The third-order valence-electron chi connectivity index (χ3n) is 2.31. The Hall–Kier alpha value is -1.73. The SMILES string of the molecule is CC(=O)Oc1csc(=Nc2ccccc2Br)n1C(C)=O. The van der Waals surface area contributed by atoms with E-state index in [0.717, 1.165) is 4.47 Å². The lowest BCUT2D eigenvalue weighted by Crippen LogP contribution is -2.22. The Balaban J connectivity index is 2.58. The van der Waals surface area contributed by atoms with Gasteiger partial charge in [0.15, 0.2) is 4.80 Å². The molecule has 0 radical (unpaired) electrons. The Bertz CT molecular complexity index is 733. The maximum atomic E-state index is 11.7. The summed E-state index contributed by atoms with van der Waals surface area (Å²) in [6.45, 7) is 2.67. The number of carbonyl (C=O) groups excluding carboxylic acids is 2. The second kappa shape index (κ2) is 6.15. The monoisotopic (exact) mass is 354 g/mol. The summed E-state index contributed by atoms with van der Waals surface area (Å²) in [7, 11) is 0. The van der Waals surface area contributed by atoms with Gasteiger partial charge in [-0.3, -0.25) is 9.59 Å². The van der Waals surface area contributed by atoms with Crippen molar-refractivity contribution in [1.29, 1.82) is 0 Å². The summed E-state index contributed by atoms with van der Waals surface area (Å²) >= 11 is 4.62.